The van der Waals surface area contributed by atoms with Crippen molar-refractivity contribution in [1.82, 2.24) is 4.90 Å². The zero-order valence-corrected chi connectivity index (χ0v) is 9.07. The molecule has 0 spiro atoms. The normalized spacial score (nSPS) is 11.7. The summed E-state index contributed by atoms with van der Waals surface area (Å²) in [5.74, 6) is -1.40. The monoisotopic (exact) mass is 199 g/mol. The van der Waals surface area contributed by atoms with Crippen LogP contribution in [0.15, 0.2) is 12.2 Å². The number of nitrogens with zero attached hydrogens (tertiary/aromatic N) is 1. The molecule has 0 saturated carbocycles. The van der Waals surface area contributed by atoms with Crippen LogP contribution in [0.2, 0.25) is 0 Å². The summed E-state index contributed by atoms with van der Waals surface area (Å²) in [6.45, 7) is 5.84. The van der Waals surface area contributed by atoms with E-state index in [1.807, 2.05) is 20.8 Å². The summed E-state index contributed by atoms with van der Waals surface area (Å²) in [4.78, 5) is 23.2. The molecule has 4 nitrogen and oxygen atoms in total. The molecule has 80 valence electrons. The second-order valence-electron chi connectivity index (χ2n) is 3.73. The molecule has 14 heavy (non-hydrogen) atoms. The summed E-state index contributed by atoms with van der Waals surface area (Å²) in [5, 5.41) is 8.35. The van der Waals surface area contributed by atoms with Crippen LogP contribution in [-0.4, -0.2) is 34.5 Å². The Morgan fingerprint density at radius 3 is 2.21 bits per heavy atom. The molecule has 0 aliphatic carbocycles. The van der Waals surface area contributed by atoms with E-state index >= 15 is 0 Å². The van der Waals surface area contributed by atoms with E-state index in [-0.39, 0.29) is 11.4 Å². The maximum absolute atomic E-state index is 11.4. The molecule has 1 N–H and O–H groups in total. The van der Waals surface area contributed by atoms with Gasteiger partial charge in [0.15, 0.2) is 0 Å². The van der Waals surface area contributed by atoms with Crippen molar-refractivity contribution in [3.63, 3.8) is 0 Å². The summed E-state index contributed by atoms with van der Waals surface area (Å²) >= 11 is 0. The maximum atomic E-state index is 11.4. The summed E-state index contributed by atoms with van der Waals surface area (Å²) < 4.78 is 0. The molecule has 0 aliphatic rings. The molecule has 0 unspecified atom stereocenters. The van der Waals surface area contributed by atoms with E-state index in [1.54, 1.807) is 7.05 Å². The first-order chi connectivity index (χ1) is 6.31. The van der Waals surface area contributed by atoms with E-state index in [0.29, 0.717) is 0 Å². The van der Waals surface area contributed by atoms with E-state index in [1.165, 1.54) is 4.90 Å². The molecular formula is C10H17NO3. The molecular weight excluding hydrogens is 182 g/mol. The predicted molar refractivity (Wildman–Crippen MR) is 53.9 cm³/mol. The molecule has 0 fully saturated rings. The molecule has 0 radical (unpaired) electrons. The Morgan fingerprint density at radius 2 is 1.86 bits per heavy atom. The Kier molecular flexibility index (Phi) is 4.34. The van der Waals surface area contributed by atoms with Gasteiger partial charge in [-0.25, -0.2) is 4.79 Å². The van der Waals surface area contributed by atoms with Gasteiger partial charge in [0.1, 0.15) is 0 Å². The molecule has 0 aliphatic heterocycles. The number of hydrogen-bond donors (Lipinski definition) is 1. The van der Waals surface area contributed by atoms with Crippen LogP contribution in [0.5, 0.6) is 0 Å². The summed E-state index contributed by atoms with van der Waals surface area (Å²) in [7, 11) is 1.66. The predicted octanol–water partition coefficient (Wildman–Crippen LogP) is 1.27. The zero-order valence-electron chi connectivity index (χ0n) is 9.07. The van der Waals surface area contributed by atoms with Crippen molar-refractivity contribution in [3.8, 4) is 0 Å². The van der Waals surface area contributed by atoms with E-state index in [4.69, 9.17) is 5.11 Å². The number of carboxylic acid groups (broad SMARTS) is 1. The largest absolute Gasteiger partial charge is 0.478 e. The van der Waals surface area contributed by atoms with Gasteiger partial charge >= 0.3 is 5.97 Å². The number of likely N-dealkylation sites (N-methyl/N-ethyl adjacent to an activating group) is 1. The van der Waals surface area contributed by atoms with Gasteiger partial charge in [-0.1, -0.05) is 6.92 Å². The lowest BCUT2D eigenvalue weighted by Gasteiger charge is -2.34. The Balaban J connectivity index is 4.48. The Morgan fingerprint density at radius 1 is 1.36 bits per heavy atom. The third-order valence-electron chi connectivity index (χ3n) is 2.47. The number of rotatable bonds is 4. The lowest BCUT2D eigenvalue weighted by atomic mass is 10.00. The van der Waals surface area contributed by atoms with Crippen molar-refractivity contribution in [2.45, 2.75) is 32.7 Å². The summed E-state index contributed by atoms with van der Waals surface area (Å²) in [6, 6.07) is 0. The van der Waals surface area contributed by atoms with Crippen LogP contribution in [0.1, 0.15) is 27.2 Å². The highest BCUT2D eigenvalue weighted by atomic mass is 16.4. The number of carboxylic acids is 1. The van der Waals surface area contributed by atoms with Crippen molar-refractivity contribution in [2.24, 2.45) is 0 Å². The van der Waals surface area contributed by atoms with E-state index in [0.717, 1.165) is 18.6 Å². The van der Waals surface area contributed by atoms with Gasteiger partial charge in [0.2, 0.25) is 5.91 Å². The third-order valence-corrected chi connectivity index (χ3v) is 2.47. The quantitative estimate of drug-likeness (QED) is 0.694. The lowest BCUT2D eigenvalue weighted by molar-refractivity contribution is -0.133. The van der Waals surface area contributed by atoms with Crippen LogP contribution >= 0.6 is 0 Å². The first-order valence-corrected chi connectivity index (χ1v) is 4.50. The van der Waals surface area contributed by atoms with Gasteiger partial charge in [-0.15, -0.1) is 0 Å². The van der Waals surface area contributed by atoms with Crippen LogP contribution in [0.4, 0.5) is 0 Å². The fourth-order valence-electron chi connectivity index (χ4n) is 0.790. The van der Waals surface area contributed by atoms with Crippen LogP contribution in [0.3, 0.4) is 0 Å². The Bertz CT molecular complexity index is 256. The number of carbonyl (C=O) groups excluding carboxylic acids is 1. The minimum absolute atomic E-state index is 0.250. The number of aliphatic carboxylic acids is 1. The van der Waals surface area contributed by atoms with Crippen LogP contribution in [-0.2, 0) is 9.59 Å². The van der Waals surface area contributed by atoms with Gasteiger partial charge in [-0.2, -0.15) is 0 Å². The van der Waals surface area contributed by atoms with Crippen molar-refractivity contribution >= 4 is 11.9 Å². The maximum Gasteiger partial charge on any atom is 0.328 e. The molecule has 0 saturated heterocycles. The molecule has 4 heteroatoms. The molecule has 0 bridgehead atoms. The van der Waals surface area contributed by atoms with Gasteiger partial charge in [0.05, 0.1) is 0 Å². The Hall–Kier alpha value is -1.32. The van der Waals surface area contributed by atoms with E-state index in [2.05, 4.69) is 0 Å². The first kappa shape index (κ1) is 12.7. The molecule has 0 atom stereocenters. The van der Waals surface area contributed by atoms with Crippen molar-refractivity contribution in [2.75, 3.05) is 7.05 Å². The molecule has 0 aromatic carbocycles. The first-order valence-electron chi connectivity index (χ1n) is 4.50. The average molecular weight is 199 g/mol. The summed E-state index contributed by atoms with van der Waals surface area (Å²) in [5.41, 5.74) is -0.250. The van der Waals surface area contributed by atoms with Gasteiger partial charge in [-0.3, -0.25) is 4.79 Å². The topological polar surface area (TPSA) is 57.6 Å². The average Bonchev–Trinajstić information content (AvgIpc) is 2.12. The SMILES string of the molecule is CCC(C)(C)N(C)C(=O)C=CC(=O)O. The molecule has 0 heterocycles. The van der Waals surface area contributed by atoms with Gasteiger partial charge < -0.3 is 10.0 Å². The second-order valence-corrected chi connectivity index (χ2v) is 3.73. The highest BCUT2D eigenvalue weighted by molar-refractivity contribution is 5.94. The standard InChI is InChI=1S/C10H17NO3/c1-5-10(2,3)11(4)8(12)6-7-9(13)14/h6-7H,5H2,1-4H3,(H,13,14). The van der Waals surface area contributed by atoms with Crippen LogP contribution < -0.4 is 0 Å². The number of hydrogen-bond acceptors (Lipinski definition) is 2. The Labute approximate surface area is 84.2 Å². The van der Waals surface area contributed by atoms with Crippen molar-refractivity contribution in [3.05, 3.63) is 12.2 Å². The van der Waals surface area contributed by atoms with Crippen molar-refractivity contribution < 1.29 is 14.7 Å². The smallest absolute Gasteiger partial charge is 0.328 e. The number of amides is 1. The summed E-state index contributed by atoms with van der Waals surface area (Å²) in [6.07, 6.45) is 2.74. The minimum atomic E-state index is -1.11. The van der Waals surface area contributed by atoms with E-state index < -0.39 is 5.97 Å². The van der Waals surface area contributed by atoms with Gasteiger partial charge in [0.25, 0.3) is 0 Å². The highest BCUT2D eigenvalue weighted by Gasteiger charge is 2.23. The van der Waals surface area contributed by atoms with Crippen LogP contribution in [0, 0.1) is 0 Å². The van der Waals surface area contributed by atoms with Crippen LogP contribution in [0.25, 0.3) is 0 Å². The fourth-order valence-corrected chi connectivity index (χ4v) is 0.790. The molecule has 0 rings (SSSR count). The van der Waals surface area contributed by atoms with E-state index in [9.17, 15) is 9.59 Å². The highest BCUT2D eigenvalue weighted by Crippen LogP contribution is 2.16. The fraction of sp³-hybridized carbons (Fsp3) is 0.600. The molecule has 1 amide bonds. The van der Waals surface area contributed by atoms with Gasteiger partial charge in [-0.05, 0) is 20.3 Å². The second kappa shape index (κ2) is 4.79. The number of carbonyl (C=O) groups is 2. The molecule has 0 aromatic heterocycles. The third kappa shape index (κ3) is 3.60. The van der Waals surface area contributed by atoms with Crippen molar-refractivity contribution in [1.29, 1.82) is 0 Å². The lowest BCUT2D eigenvalue weighted by Crippen LogP contribution is -2.43. The zero-order chi connectivity index (χ0) is 11.4. The molecule has 0 aromatic rings. The van der Waals surface area contributed by atoms with Gasteiger partial charge in [0, 0.05) is 24.7 Å². The minimum Gasteiger partial charge on any atom is -0.478 e.